The second-order valence-corrected chi connectivity index (χ2v) is 4.94. The van der Waals surface area contributed by atoms with E-state index in [1.165, 1.54) is 0 Å². The van der Waals surface area contributed by atoms with Gasteiger partial charge in [-0.3, -0.25) is 4.79 Å². The van der Waals surface area contributed by atoms with Crippen LogP contribution in [-0.4, -0.2) is 41.9 Å². The Bertz CT molecular complexity index is 363. The van der Waals surface area contributed by atoms with E-state index in [0.717, 1.165) is 0 Å². The molecule has 5 nitrogen and oxygen atoms in total. The predicted octanol–water partition coefficient (Wildman–Crippen LogP) is 0.385. The molecule has 0 aliphatic carbocycles. The van der Waals surface area contributed by atoms with Gasteiger partial charge in [0, 0.05) is 6.54 Å². The fraction of sp³-hybridized carbons (Fsp3) is 0.833. The average Bonchev–Trinajstić information content (AvgIpc) is 2.48. The van der Waals surface area contributed by atoms with E-state index in [0.29, 0.717) is 0 Å². The molecule has 1 aliphatic rings. The van der Waals surface area contributed by atoms with Crippen LogP contribution in [0.3, 0.4) is 0 Å². The number of carbonyl (C=O) groups is 1. The number of alkyl halides is 3. The Hall–Kier alpha value is -0.830. The lowest BCUT2D eigenvalue weighted by Gasteiger charge is -2.21. The number of rotatable bonds is 2. The van der Waals surface area contributed by atoms with Gasteiger partial charge in [-0.2, -0.15) is 17.5 Å². The minimum atomic E-state index is -5.52. The van der Waals surface area contributed by atoms with Crippen molar-refractivity contribution in [3.8, 4) is 0 Å². The molecule has 0 spiro atoms. The van der Waals surface area contributed by atoms with E-state index in [-0.39, 0.29) is 17.1 Å². The molecule has 15 heavy (non-hydrogen) atoms. The Balaban J connectivity index is 3.03. The van der Waals surface area contributed by atoms with Crippen molar-refractivity contribution in [2.75, 3.05) is 6.54 Å². The Morgan fingerprint density at radius 2 is 1.93 bits per heavy atom. The van der Waals surface area contributed by atoms with Crippen LogP contribution in [0.5, 0.6) is 0 Å². The van der Waals surface area contributed by atoms with Gasteiger partial charge in [0.1, 0.15) is 6.04 Å². The highest BCUT2D eigenvalue weighted by molar-refractivity contribution is 7.90. The third-order valence-electron chi connectivity index (χ3n) is 2.09. The molecule has 0 aromatic carbocycles. The summed E-state index contributed by atoms with van der Waals surface area (Å²) in [4.78, 5) is 10.5. The normalized spacial score (nSPS) is 24.3. The predicted molar refractivity (Wildman–Crippen MR) is 42.3 cm³/mol. The monoisotopic (exact) mass is 247 g/mol. The van der Waals surface area contributed by atoms with Gasteiger partial charge in [-0.1, -0.05) is 0 Å². The number of aliphatic carboxylic acids is 1. The highest BCUT2D eigenvalue weighted by Gasteiger charge is 2.54. The number of hydrogen-bond acceptors (Lipinski definition) is 3. The second-order valence-electron chi connectivity index (χ2n) is 3.06. The quantitative estimate of drug-likeness (QED) is 0.765. The Morgan fingerprint density at radius 3 is 2.33 bits per heavy atom. The van der Waals surface area contributed by atoms with Crippen LogP contribution >= 0.6 is 0 Å². The van der Waals surface area contributed by atoms with Gasteiger partial charge < -0.3 is 5.11 Å². The van der Waals surface area contributed by atoms with E-state index in [1.807, 2.05) is 0 Å². The number of sulfonamides is 1. The molecule has 0 aromatic rings. The van der Waals surface area contributed by atoms with Crippen LogP contribution in [0.15, 0.2) is 0 Å². The molecule has 9 heteroatoms. The molecule has 1 atom stereocenters. The van der Waals surface area contributed by atoms with Crippen LogP contribution in [-0.2, 0) is 14.8 Å². The van der Waals surface area contributed by atoms with Gasteiger partial charge in [0.25, 0.3) is 0 Å². The van der Waals surface area contributed by atoms with Crippen molar-refractivity contribution in [2.24, 2.45) is 0 Å². The number of halogens is 3. The van der Waals surface area contributed by atoms with Crippen LogP contribution in [0.25, 0.3) is 0 Å². The van der Waals surface area contributed by atoms with Crippen LogP contribution in [0, 0.1) is 0 Å². The lowest BCUT2D eigenvalue weighted by molar-refractivity contribution is -0.140. The molecule has 0 amide bonds. The molecule has 1 fully saturated rings. The second kappa shape index (κ2) is 3.63. The van der Waals surface area contributed by atoms with Gasteiger partial charge in [-0.05, 0) is 12.8 Å². The lowest BCUT2D eigenvalue weighted by atomic mass is 10.2. The van der Waals surface area contributed by atoms with E-state index < -0.39 is 34.1 Å². The summed E-state index contributed by atoms with van der Waals surface area (Å²) in [5.74, 6) is -1.56. The molecule has 1 heterocycles. The Morgan fingerprint density at radius 1 is 1.40 bits per heavy atom. The molecule has 1 rings (SSSR count). The van der Waals surface area contributed by atoms with Crippen molar-refractivity contribution in [3.63, 3.8) is 0 Å². The molecule has 1 aliphatic heterocycles. The zero-order chi connectivity index (χ0) is 11.9. The fourth-order valence-corrected chi connectivity index (χ4v) is 2.57. The zero-order valence-corrected chi connectivity index (χ0v) is 8.18. The standard InChI is InChI=1S/C6H8F3NO4S/c7-6(8,9)15(13,14)10-3-1-2-4(10)5(11)12/h4H,1-3H2,(H,11,12)/t4-/m0/s1. The van der Waals surface area contributed by atoms with Gasteiger partial charge in [-0.25, -0.2) is 8.42 Å². The molecule has 0 bridgehead atoms. The maximum atomic E-state index is 12.1. The number of hydrogen-bond donors (Lipinski definition) is 1. The molecule has 1 saturated heterocycles. The van der Waals surface area contributed by atoms with Crippen LogP contribution < -0.4 is 0 Å². The molecular weight excluding hydrogens is 239 g/mol. The minimum Gasteiger partial charge on any atom is -0.480 e. The summed E-state index contributed by atoms with van der Waals surface area (Å²) in [6.45, 7) is -0.404. The van der Waals surface area contributed by atoms with Crippen LogP contribution in [0.1, 0.15) is 12.8 Å². The smallest absolute Gasteiger partial charge is 0.480 e. The summed E-state index contributed by atoms with van der Waals surface area (Å²) >= 11 is 0. The molecule has 0 aromatic heterocycles. The lowest BCUT2D eigenvalue weighted by Crippen LogP contribution is -2.46. The fourth-order valence-electron chi connectivity index (χ4n) is 1.41. The highest BCUT2D eigenvalue weighted by Crippen LogP contribution is 2.32. The first kappa shape index (κ1) is 12.2. The SMILES string of the molecule is O=C(O)[C@@H]1CCCN1S(=O)(=O)C(F)(F)F. The molecule has 0 radical (unpaired) electrons. The highest BCUT2D eigenvalue weighted by atomic mass is 32.2. The molecule has 0 unspecified atom stereocenters. The summed E-state index contributed by atoms with van der Waals surface area (Å²) in [5, 5.41) is 8.54. The molecular formula is C6H8F3NO4S. The van der Waals surface area contributed by atoms with Gasteiger partial charge in [0.05, 0.1) is 0 Å². The first-order valence-electron chi connectivity index (χ1n) is 3.99. The molecule has 0 saturated carbocycles. The first-order chi connectivity index (χ1) is 6.68. The van der Waals surface area contributed by atoms with Gasteiger partial charge >= 0.3 is 21.5 Å². The van der Waals surface area contributed by atoms with Crippen molar-refractivity contribution < 1.29 is 31.5 Å². The van der Waals surface area contributed by atoms with Crippen molar-refractivity contribution >= 4 is 16.0 Å². The maximum absolute atomic E-state index is 12.1. The van der Waals surface area contributed by atoms with E-state index in [2.05, 4.69) is 0 Å². The number of carboxylic acids is 1. The van der Waals surface area contributed by atoms with Gasteiger partial charge in [0.2, 0.25) is 0 Å². The molecule has 1 N–H and O–H groups in total. The van der Waals surface area contributed by atoms with E-state index in [1.54, 1.807) is 0 Å². The van der Waals surface area contributed by atoms with Crippen molar-refractivity contribution in [1.29, 1.82) is 0 Å². The van der Waals surface area contributed by atoms with Crippen LogP contribution in [0.4, 0.5) is 13.2 Å². The Labute approximate surface area is 83.5 Å². The third-order valence-corrected chi connectivity index (χ3v) is 3.73. The summed E-state index contributed by atoms with van der Waals surface area (Å²) in [5.41, 5.74) is -5.44. The van der Waals surface area contributed by atoms with E-state index in [9.17, 15) is 26.4 Å². The number of carboxylic acid groups (broad SMARTS) is 1. The minimum absolute atomic E-state index is 0.00463. The summed E-state index contributed by atoms with van der Waals surface area (Å²) in [6, 6.07) is -1.60. The van der Waals surface area contributed by atoms with Crippen LogP contribution in [0.2, 0.25) is 0 Å². The van der Waals surface area contributed by atoms with E-state index in [4.69, 9.17) is 5.11 Å². The topological polar surface area (TPSA) is 74.7 Å². The van der Waals surface area contributed by atoms with Crippen molar-refractivity contribution in [2.45, 2.75) is 24.4 Å². The van der Waals surface area contributed by atoms with Gasteiger partial charge in [-0.15, -0.1) is 0 Å². The van der Waals surface area contributed by atoms with E-state index >= 15 is 0 Å². The number of nitrogens with zero attached hydrogens (tertiary/aromatic N) is 1. The summed E-state index contributed by atoms with van der Waals surface area (Å²) < 4.78 is 58.1. The third kappa shape index (κ3) is 2.07. The largest absolute Gasteiger partial charge is 0.511 e. The molecule has 88 valence electrons. The average molecular weight is 247 g/mol. The zero-order valence-electron chi connectivity index (χ0n) is 7.36. The maximum Gasteiger partial charge on any atom is 0.511 e. The Kier molecular flexibility index (Phi) is 2.97. The van der Waals surface area contributed by atoms with Crippen molar-refractivity contribution in [1.82, 2.24) is 4.31 Å². The van der Waals surface area contributed by atoms with Crippen molar-refractivity contribution in [3.05, 3.63) is 0 Å². The first-order valence-corrected chi connectivity index (χ1v) is 5.43. The summed E-state index contributed by atoms with van der Waals surface area (Å²) in [7, 11) is -5.52. The summed E-state index contributed by atoms with van der Waals surface area (Å²) in [6.07, 6.45) is 0.0247. The van der Waals surface area contributed by atoms with Gasteiger partial charge in [0.15, 0.2) is 0 Å².